The van der Waals surface area contributed by atoms with Gasteiger partial charge in [-0.2, -0.15) is 0 Å². The zero-order chi connectivity index (χ0) is 10.1. The first-order chi connectivity index (χ1) is 6.70. The monoisotopic (exact) mass is 228 g/mol. The van der Waals surface area contributed by atoms with Gasteiger partial charge in [-0.25, -0.2) is 0 Å². The van der Waals surface area contributed by atoms with Crippen LogP contribution in [0.25, 0.3) is 0 Å². The van der Waals surface area contributed by atoms with Gasteiger partial charge in [0.2, 0.25) is 0 Å². The standard InChI is InChI=1S/C12H14Cl2/c1-8-9(6-7-11(8)13)10-4-2-3-5-12(10)14/h2-5,8-9,11H,6-7H2,1H3. The molecule has 0 N–H and O–H groups in total. The van der Waals surface area contributed by atoms with Gasteiger partial charge in [-0.05, 0) is 36.3 Å². The molecule has 0 saturated heterocycles. The molecule has 0 spiro atoms. The second kappa shape index (κ2) is 4.12. The lowest BCUT2D eigenvalue weighted by Crippen LogP contribution is -2.09. The van der Waals surface area contributed by atoms with E-state index in [-0.39, 0.29) is 0 Å². The van der Waals surface area contributed by atoms with Crippen molar-refractivity contribution in [3.05, 3.63) is 34.9 Å². The maximum absolute atomic E-state index is 6.22. The lowest BCUT2D eigenvalue weighted by atomic mass is 9.90. The number of hydrogen-bond acceptors (Lipinski definition) is 0. The van der Waals surface area contributed by atoms with Crippen LogP contribution in [0, 0.1) is 5.92 Å². The van der Waals surface area contributed by atoms with Crippen molar-refractivity contribution in [1.82, 2.24) is 0 Å². The van der Waals surface area contributed by atoms with E-state index in [1.807, 2.05) is 12.1 Å². The molecule has 0 bridgehead atoms. The topological polar surface area (TPSA) is 0 Å². The Morgan fingerprint density at radius 3 is 2.50 bits per heavy atom. The van der Waals surface area contributed by atoms with Gasteiger partial charge in [-0.3, -0.25) is 0 Å². The van der Waals surface area contributed by atoms with Gasteiger partial charge in [0.25, 0.3) is 0 Å². The molecule has 0 aromatic heterocycles. The molecular formula is C12H14Cl2. The molecule has 0 heterocycles. The number of rotatable bonds is 1. The van der Waals surface area contributed by atoms with Crippen LogP contribution in [-0.4, -0.2) is 5.38 Å². The van der Waals surface area contributed by atoms with Gasteiger partial charge in [-0.1, -0.05) is 36.7 Å². The predicted octanol–water partition coefficient (Wildman–Crippen LogP) is 4.46. The van der Waals surface area contributed by atoms with E-state index in [0.29, 0.717) is 17.2 Å². The van der Waals surface area contributed by atoms with E-state index in [2.05, 4.69) is 19.1 Å². The third-order valence-electron chi connectivity index (χ3n) is 3.26. The zero-order valence-electron chi connectivity index (χ0n) is 8.21. The smallest absolute Gasteiger partial charge is 0.0440 e. The molecule has 0 radical (unpaired) electrons. The highest BCUT2D eigenvalue weighted by molar-refractivity contribution is 6.31. The highest BCUT2D eigenvalue weighted by Gasteiger charge is 2.33. The van der Waals surface area contributed by atoms with Crippen LogP contribution in [0.15, 0.2) is 24.3 Å². The van der Waals surface area contributed by atoms with Gasteiger partial charge in [0, 0.05) is 10.4 Å². The molecule has 1 fully saturated rings. The van der Waals surface area contributed by atoms with Crippen LogP contribution in [0.3, 0.4) is 0 Å². The summed E-state index contributed by atoms with van der Waals surface area (Å²) < 4.78 is 0. The van der Waals surface area contributed by atoms with E-state index < -0.39 is 0 Å². The van der Waals surface area contributed by atoms with Crippen LogP contribution in [-0.2, 0) is 0 Å². The molecule has 0 aliphatic heterocycles. The summed E-state index contributed by atoms with van der Waals surface area (Å²) in [4.78, 5) is 0. The fraction of sp³-hybridized carbons (Fsp3) is 0.500. The second-order valence-electron chi connectivity index (χ2n) is 4.08. The van der Waals surface area contributed by atoms with E-state index in [0.717, 1.165) is 11.4 Å². The second-order valence-corrected chi connectivity index (χ2v) is 5.05. The summed E-state index contributed by atoms with van der Waals surface area (Å²) in [5.74, 6) is 1.09. The summed E-state index contributed by atoms with van der Waals surface area (Å²) in [6.07, 6.45) is 2.28. The Morgan fingerprint density at radius 1 is 1.21 bits per heavy atom. The minimum Gasteiger partial charge on any atom is -0.123 e. The molecule has 2 heteroatoms. The van der Waals surface area contributed by atoms with Gasteiger partial charge in [0.1, 0.15) is 0 Å². The van der Waals surface area contributed by atoms with Crippen LogP contribution >= 0.6 is 23.2 Å². The van der Waals surface area contributed by atoms with Crippen molar-refractivity contribution >= 4 is 23.2 Å². The molecule has 2 rings (SSSR count). The van der Waals surface area contributed by atoms with Crippen molar-refractivity contribution in [2.24, 2.45) is 5.92 Å². The lowest BCUT2D eigenvalue weighted by molar-refractivity contribution is 0.538. The van der Waals surface area contributed by atoms with E-state index in [1.165, 1.54) is 12.0 Å². The van der Waals surface area contributed by atoms with E-state index in [1.54, 1.807) is 0 Å². The van der Waals surface area contributed by atoms with Crippen molar-refractivity contribution in [1.29, 1.82) is 0 Å². The number of hydrogen-bond donors (Lipinski definition) is 0. The van der Waals surface area contributed by atoms with Crippen molar-refractivity contribution in [2.45, 2.75) is 31.1 Å². The maximum Gasteiger partial charge on any atom is 0.0440 e. The van der Waals surface area contributed by atoms with E-state index >= 15 is 0 Å². The Labute approximate surface area is 95.2 Å². The lowest BCUT2D eigenvalue weighted by Gasteiger charge is -2.18. The molecule has 0 nitrogen and oxygen atoms in total. The molecule has 76 valence electrons. The third kappa shape index (κ3) is 1.78. The average Bonchev–Trinajstić information content (AvgIpc) is 2.49. The van der Waals surface area contributed by atoms with Gasteiger partial charge in [0.05, 0.1) is 0 Å². The summed E-state index contributed by atoms with van der Waals surface area (Å²) >= 11 is 12.4. The van der Waals surface area contributed by atoms with Crippen LogP contribution < -0.4 is 0 Å². The first-order valence-corrected chi connectivity index (χ1v) is 5.90. The largest absolute Gasteiger partial charge is 0.123 e. The number of alkyl halides is 1. The molecule has 3 atom stereocenters. The Morgan fingerprint density at radius 2 is 1.93 bits per heavy atom. The predicted molar refractivity (Wildman–Crippen MR) is 62.2 cm³/mol. The summed E-state index contributed by atoms with van der Waals surface area (Å²) in [5.41, 5.74) is 1.27. The summed E-state index contributed by atoms with van der Waals surface area (Å²) in [5, 5.41) is 1.20. The van der Waals surface area contributed by atoms with Gasteiger partial charge in [-0.15, -0.1) is 11.6 Å². The fourth-order valence-corrected chi connectivity index (χ4v) is 2.91. The van der Waals surface area contributed by atoms with Crippen LogP contribution in [0.2, 0.25) is 5.02 Å². The molecule has 1 aromatic carbocycles. The quantitative estimate of drug-likeness (QED) is 0.623. The Bertz CT molecular complexity index is 322. The van der Waals surface area contributed by atoms with Crippen molar-refractivity contribution in [3.8, 4) is 0 Å². The molecule has 14 heavy (non-hydrogen) atoms. The van der Waals surface area contributed by atoms with Crippen LogP contribution in [0.1, 0.15) is 31.2 Å². The first kappa shape index (κ1) is 10.3. The van der Waals surface area contributed by atoms with Crippen LogP contribution in [0.4, 0.5) is 0 Å². The molecule has 1 aliphatic rings. The van der Waals surface area contributed by atoms with Crippen LogP contribution in [0.5, 0.6) is 0 Å². The molecule has 0 amide bonds. The highest BCUT2D eigenvalue weighted by Crippen LogP contribution is 2.43. The van der Waals surface area contributed by atoms with E-state index in [4.69, 9.17) is 23.2 Å². The number of benzene rings is 1. The van der Waals surface area contributed by atoms with Gasteiger partial charge >= 0.3 is 0 Å². The highest BCUT2D eigenvalue weighted by atomic mass is 35.5. The molecule has 1 saturated carbocycles. The molecule has 1 aromatic rings. The van der Waals surface area contributed by atoms with Gasteiger partial charge in [0.15, 0.2) is 0 Å². The molecular weight excluding hydrogens is 215 g/mol. The molecule has 3 unspecified atom stereocenters. The van der Waals surface area contributed by atoms with Crippen molar-refractivity contribution < 1.29 is 0 Å². The SMILES string of the molecule is CC1C(Cl)CCC1c1ccccc1Cl. The summed E-state index contributed by atoms with van der Waals surface area (Å²) in [7, 11) is 0. The Balaban J connectivity index is 2.28. The van der Waals surface area contributed by atoms with E-state index in [9.17, 15) is 0 Å². The summed E-state index contributed by atoms with van der Waals surface area (Å²) in [6.45, 7) is 2.22. The maximum atomic E-state index is 6.22. The van der Waals surface area contributed by atoms with Crippen molar-refractivity contribution in [3.63, 3.8) is 0 Å². The third-order valence-corrected chi connectivity index (χ3v) is 4.22. The minimum absolute atomic E-state index is 0.316. The number of halogens is 2. The summed E-state index contributed by atoms with van der Waals surface area (Å²) in [6, 6.07) is 8.11. The zero-order valence-corrected chi connectivity index (χ0v) is 9.72. The van der Waals surface area contributed by atoms with Gasteiger partial charge < -0.3 is 0 Å². The minimum atomic E-state index is 0.316. The Kier molecular flexibility index (Phi) is 3.04. The molecule has 1 aliphatic carbocycles. The average molecular weight is 229 g/mol. The Hall–Kier alpha value is -0.200. The van der Waals surface area contributed by atoms with Crippen molar-refractivity contribution in [2.75, 3.05) is 0 Å². The first-order valence-electron chi connectivity index (χ1n) is 5.08. The fourth-order valence-electron chi connectivity index (χ4n) is 2.33. The normalized spacial score (nSPS) is 32.1.